The second-order valence-electron chi connectivity index (χ2n) is 6.88. The van der Waals surface area contributed by atoms with E-state index < -0.39 is 10.0 Å². The smallest absolute Gasteiger partial charge is 0.261 e. The Morgan fingerprint density at radius 2 is 2.03 bits per heavy atom. The molecule has 1 aliphatic rings. The summed E-state index contributed by atoms with van der Waals surface area (Å²) in [6.07, 6.45) is 5.14. The standard InChI is InChI=1S/C20H22N4O4S.ClH/c1-14-18(8-9-20(23-14)27-12-16-3-2-10-22-16)24-29(25,26)17-6-4-15(5-7-17)19-11-21-13-28-19;/h4-9,11,13,16,22,24H,2-3,10,12H2,1H3;1H/t16-;/m1./s1. The molecule has 1 atom stereocenters. The van der Waals surface area contributed by atoms with Crippen molar-refractivity contribution in [3.8, 4) is 17.2 Å². The lowest BCUT2D eigenvalue weighted by atomic mass is 10.2. The van der Waals surface area contributed by atoms with Gasteiger partial charge in [-0.25, -0.2) is 18.4 Å². The molecule has 2 aromatic heterocycles. The highest BCUT2D eigenvalue weighted by atomic mass is 35.5. The Bertz CT molecular complexity index is 1070. The summed E-state index contributed by atoms with van der Waals surface area (Å²) in [5, 5.41) is 3.36. The minimum absolute atomic E-state index is 0. The number of halogens is 1. The topological polar surface area (TPSA) is 106 Å². The van der Waals surface area contributed by atoms with E-state index in [1.165, 1.54) is 18.5 Å². The van der Waals surface area contributed by atoms with E-state index in [-0.39, 0.29) is 17.3 Å². The molecule has 3 aromatic rings. The molecular weight excluding hydrogens is 428 g/mol. The van der Waals surface area contributed by atoms with E-state index in [0.717, 1.165) is 24.9 Å². The molecule has 3 heterocycles. The summed E-state index contributed by atoms with van der Waals surface area (Å²) in [5.74, 6) is 1.06. The number of nitrogens with zero attached hydrogens (tertiary/aromatic N) is 2. The average molecular weight is 451 g/mol. The van der Waals surface area contributed by atoms with Crippen LogP contribution in [0.4, 0.5) is 5.69 Å². The quantitative estimate of drug-likeness (QED) is 0.568. The maximum Gasteiger partial charge on any atom is 0.261 e. The van der Waals surface area contributed by atoms with Gasteiger partial charge in [-0.1, -0.05) is 0 Å². The van der Waals surface area contributed by atoms with Crippen molar-refractivity contribution in [3.63, 3.8) is 0 Å². The van der Waals surface area contributed by atoms with Crippen molar-refractivity contribution in [3.05, 3.63) is 54.7 Å². The zero-order chi connectivity index (χ0) is 20.3. The fraction of sp³-hybridized carbons (Fsp3) is 0.300. The lowest BCUT2D eigenvalue weighted by Crippen LogP contribution is -2.28. The molecule has 0 radical (unpaired) electrons. The molecule has 1 aromatic carbocycles. The summed E-state index contributed by atoms with van der Waals surface area (Å²) in [7, 11) is -3.75. The Hall–Kier alpha value is -2.62. The normalized spacial score (nSPS) is 16.1. The maximum absolute atomic E-state index is 12.7. The van der Waals surface area contributed by atoms with Crippen LogP contribution in [-0.2, 0) is 10.0 Å². The molecule has 0 amide bonds. The zero-order valence-electron chi connectivity index (χ0n) is 16.4. The van der Waals surface area contributed by atoms with Crippen LogP contribution in [0.1, 0.15) is 18.5 Å². The highest BCUT2D eigenvalue weighted by Crippen LogP contribution is 2.24. The second kappa shape index (κ2) is 9.46. The number of rotatable bonds is 7. The van der Waals surface area contributed by atoms with Gasteiger partial charge in [0.25, 0.3) is 10.0 Å². The summed E-state index contributed by atoms with van der Waals surface area (Å²) in [6.45, 7) is 3.31. The maximum atomic E-state index is 12.7. The summed E-state index contributed by atoms with van der Waals surface area (Å²) in [6, 6.07) is 10.1. The summed E-state index contributed by atoms with van der Waals surface area (Å²) in [4.78, 5) is 8.37. The largest absolute Gasteiger partial charge is 0.476 e. The third-order valence-electron chi connectivity index (χ3n) is 4.78. The Morgan fingerprint density at radius 3 is 2.67 bits per heavy atom. The van der Waals surface area contributed by atoms with Crippen molar-refractivity contribution in [2.45, 2.75) is 30.7 Å². The lowest BCUT2D eigenvalue weighted by Gasteiger charge is -2.14. The Balaban J connectivity index is 0.00000256. The molecule has 0 saturated carbocycles. The zero-order valence-corrected chi connectivity index (χ0v) is 18.0. The minimum Gasteiger partial charge on any atom is -0.476 e. The predicted octanol–water partition coefficient (Wildman–Crippen LogP) is 3.40. The highest BCUT2D eigenvalue weighted by molar-refractivity contribution is 7.92. The summed E-state index contributed by atoms with van der Waals surface area (Å²) >= 11 is 0. The van der Waals surface area contributed by atoms with Gasteiger partial charge in [0.2, 0.25) is 5.88 Å². The molecule has 30 heavy (non-hydrogen) atoms. The van der Waals surface area contributed by atoms with Crippen molar-refractivity contribution in [1.82, 2.24) is 15.3 Å². The van der Waals surface area contributed by atoms with Crippen molar-refractivity contribution >= 4 is 28.1 Å². The van der Waals surface area contributed by atoms with Crippen LogP contribution in [0.3, 0.4) is 0 Å². The third-order valence-corrected chi connectivity index (χ3v) is 6.16. The van der Waals surface area contributed by atoms with Crippen molar-refractivity contribution in [1.29, 1.82) is 0 Å². The molecule has 1 saturated heterocycles. The Morgan fingerprint density at radius 1 is 1.23 bits per heavy atom. The fourth-order valence-electron chi connectivity index (χ4n) is 3.17. The van der Waals surface area contributed by atoms with Gasteiger partial charge in [-0.3, -0.25) is 4.72 Å². The molecule has 8 nitrogen and oxygen atoms in total. The van der Waals surface area contributed by atoms with Crippen LogP contribution in [0.2, 0.25) is 0 Å². The average Bonchev–Trinajstić information content (AvgIpc) is 3.42. The molecule has 0 spiro atoms. The lowest BCUT2D eigenvalue weighted by molar-refractivity contribution is 0.267. The van der Waals surface area contributed by atoms with Gasteiger partial charge in [0.15, 0.2) is 12.2 Å². The molecule has 4 rings (SSSR count). The van der Waals surface area contributed by atoms with E-state index in [9.17, 15) is 8.42 Å². The van der Waals surface area contributed by atoms with E-state index >= 15 is 0 Å². The Kier molecular flexibility index (Phi) is 6.96. The van der Waals surface area contributed by atoms with Crippen LogP contribution < -0.4 is 14.8 Å². The molecular formula is C20H23ClN4O4S. The number of anilines is 1. The SMILES string of the molecule is Cc1nc(OC[C@H]2CCCN2)ccc1NS(=O)(=O)c1ccc(-c2cnco2)cc1.Cl. The summed E-state index contributed by atoms with van der Waals surface area (Å²) in [5.41, 5.74) is 1.71. The van der Waals surface area contributed by atoms with E-state index in [2.05, 4.69) is 20.0 Å². The number of oxazole rings is 1. The van der Waals surface area contributed by atoms with Gasteiger partial charge in [-0.2, -0.15) is 0 Å². The number of aromatic nitrogens is 2. The van der Waals surface area contributed by atoms with Crippen LogP contribution in [0.15, 0.2) is 58.3 Å². The number of hydrogen-bond donors (Lipinski definition) is 2. The molecule has 160 valence electrons. The number of hydrogen-bond acceptors (Lipinski definition) is 7. The number of nitrogens with one attached hydrogen (secondary N) is 2. The Labute approximate surface area is 181 Å². The van der Waals surface area contributed by atoms with Crippen LogP contribution >= 0.6 is 12.4 Å². The van der Waals surface area contributed by atoms with Crippen molar-refractivity contribution < 1.29 is 17.6 Å². The number of aryl methyl sites for hydroxylation is 1. The molecule has 0 unspecified atom stereocenters. The van der Waals surface area contributed by atoms with Crippen LogP contribution in [0, 0.1) is 6.92 Å². The highest BCUT2D eigenvalue weighted by Gasteiger charge is 2.18. The first kappa shape index (κ1) is 22.1. The van der Waals surface area contributed by atoms with Crippen LogP contribution in [-0.4, -0.2) is 37.6 Å². The van der Waals surface area contributed by atoms with E-state index in [0.29, 0.717) is 35.7 Å². The molecule has 2 N–H and O–H groups in total. The van der Waals surface area contributed by atoms with Gasteiger partial charge in [-0.05, 0) is 56.6 Å². The predicted molar refractivity (Wildman–Crippen MR) is 115 cm³/mol. The molecule has 0 aliphatic carbocycles. The van der Waals surface area contributed by atoms with Gasteiger partial charge in [0.05, 0.1) is 22.5 Å². The number of pyridine rings is 1. The fourth-order valence-corrected chi connectivity index (χ4v) is 4.29. The van der Waals surface area contributed by atoms with Crippen molar-refractivity contribution in [2.24, 2.45) is 0 Å². The third kappa shape index (κ3) is 5.10. The van der Waals surface area contributed by atoms with Gasteiger partial charge >= 0.3 is 0 Å². The van der Waals surface area contributed by atoms with Gasteiger partial charge in [0, 0.05) is 17.7 Å². The van der Waals surface area contributed by atoms with Crippen LogP contribution in [0.25, 0.3) is 11.3 Å². The number of sulfonamides is 1. The van der Waals surface area contributed by atoms with Gasteiger partial charge < -0.3 is 14.5 Å². The van der Waals surface area contributed by atoms with E-state index in [4.69, 9.17) is 9.15 Å². The molecule has 0 bridgehead atoms. The number of benzene rings is 1. The monoisotopic (exact) mass is 450 g/mol. The van der Waals surface area contributed by atoms with Crippen LogP contribution in [0.5, 0.6) is 5.88 Å². The van der Waals surface area contributed by atoms with Gasteiger partial charge in [0.1, 0.15) is 6.61 Å². The minimum atomic E-state index is -3.75. The van der Waals surface area contributed by atoms with E-state index in [1.54, 1.807) is 37.4 Å². The first-order valence-corrected chi connectivity index (χ1v) is 10.9. The molecule has 1 aliphatic heterocycles. The number of ether oxygens (including phenoxy) is 1. The van der Waals surface area contributed by atoms with Gasteiger partial charge in [-0.15, -0.1) is 12.4 Å². The first-order valence-electron chi connectivity index (χ1n) is 9.37. The second-order valence-corrected chi connectivity index (χ2v) is 8.56. The summed E-state index contributed by atoms with van der Waals surface area (Å²) < 4.78 is 39.0. The molecule has 1 fully saturated rings. The van der Waals surface area contributed by atoms with E-state index in [1.807, 2.05) is 0 Å². The molecule has 10 heteroatoms. The first-order chi connectivity index (χ1) is 14.0. The van der Waals surface area contributed by atoms with Crippen molar-refractivity contribution in [2.75, 3.05) is 17.9 Å².